The fourth-order valence-corrected chi connectivity index (χ4v) is 4.33. The number of pyridine rings is 1. The molecule has 2 aliphatic rings. The minimum absolute atomic E-state index is 0.0961. The van der Waals surface area contributed by atoms with Crippen molar-refractivity contribution in [1.82, 2.24) is 9.88 Å². The molecule has 4 unspecified atom stereocenters. The molecule has 1 aliphatic carbocycles. The van der Waals surface area contributed by atoms with Gasteiger partial charge in [0.1, 0.15) is 5.82 Å². The van der Waals surface area contributed by atoms with Gasteiger partial charge in [-0.25, -0.2) is 9.78 Å². The van der Waals surface area contributed by atoms with E-state index in [1.807, 2.05) is 4.90 Å². The average Bonchev–Trinajstić information content (AvgIpc) is 3.13. The van der Waals surface area contributed by atoms with E-state index < -0.39 is 0 Å². The van der Waals surface area contributed by atoms with Crippen molar-refractivity contribution in [3.63, 3.8) is 0 Å². The van der Waals surface area contributed by atoms with Crippen molar-refractivity contribution in [2.75, 3.05) is 23.8 Å². The molecule has 0 bridgehead atoms. The van der Waals surface area contributed by atoms with Crippen molar-refractivity contribution in [1.29, 1.82) is 0 Å². The number of aliphatic hydroxyl groups is 1. The topological polar surface area (TPSA) is 85.8 Å². The van der Waals surface area contributed by atoms with Gasteiger partial charge >= 0.3 is 6.03 Å². The summed E-state index contributed by atoms with van der Waals surface area (Å²) in [5.41, 5.74) is 0.601. The summed E-state index contributed by atoms with van der Waals surface area (Å²) in [4.78, 5) is 31.8. The molecule has 27 heavy (non-hydrogen) atoms. The van der Waals surface area contributed by atoms with Crippen LogP contribution in [0.1, 0.15) is 46.0 Å². The first-order chi connectivity index (χ1) is 12.9. The number of anilines is 2. The van der Waals surface area contributed by atoms with Gasteiger partial charge in [0.2, 0.25) is 5.91 Å². The van der Waals surface area contributed by atoms with E-state index >= 15 is 0 Å². The summed E-state index contributed by atoms with van der Waals surface area (Å²) in [5, 5.41) is 13.4. The highest BCUT2D eigenvalue weighted by Gasteiger charge is 2.40. The third kappa shape index (κ3) is 4.40. The molecule has 1 aromatic heterocycles. The molecular formula is C20H30N4O3. The minimum Gasteiger partial charge on any atom is -0.393 e. The molecule has 7 heteroatoms. The lowest BCUT2D eigenvalue weighted by atomic mass is 9.76. The minimum atomic E-state index is -0.317. The second-order valence-corrected chi connectivity index (χ2v) is 7.97. The van der Waals surface area contributed by atoms with E-state index in [4.69, 9.17) is 0 Å². The summed E-state index contributed by atoms with van der Waals surface area (Å²) >= 11 is 0. The first-order valence-electron chi connectivity index (χ1n) is 9.83. The molecule has 2 heterocycles. The van der Waals surface area contributed by atoms with Gasteiger partial charge in [-0.05, 0) is 50.2 Å². The van der Waals surface area contributed by atoms with Crippen LogP contribution in [0, 0.1) is 11.8 Å². The number of likely N-dealkylation sites (tertiary alicyclic amines) is 1. The Morgan fingerprint density at radius 2 is 2.07 bits per heavy atom. The standard InChI is InChI=1S/C20H30N4O3/c1-13-6-8-18(26)16(11-13)17-5-4-10-24(17)20(27)22-15-7-9-19(21-12-15)23(3)14(2)25/h7,9,12-13,16-18,26H,4-6,8,10-11H2,1-3H3,(H,22,27). The van der Waals surface area contributed by atoms with Gasteiger partial charge in [-0.1, -0.05) is 6.92 Å². The van der Waals surface area contributed by atoms with Crippen molar-refractivity contribution in [3.05, 3.63) is 18.3 Å². The molecule has 4 atom stereocenters. The van der Waals surface area contributed by atoms with E-state index in [1.165, 1.54) is 11.8 Å². The lowest BCUT2D eigenvalue weighted by Gasteiger charge is -2.39. The predicted molar refractivity (Wildman–Crippen MR) is 105 cm³/mol. The van der Waals surface area contributed by atoms with Crippen molar-refractivity contribution >= 4 is 23.4 Å². The van der Waals surface area contributed by atoms with Crippen molar-refractivity contribution in [3.8, 4) is 0 Å². The second-order valence-electron chi connectivity index (χ2n) is 7.97. The quantitative estimate of drug-likeness (QED) is 0.852. The highest BCUT2D eigenvalue weighted by Crippen LogP contribution is 2.37. The molecule has 0 spiro atoms. The van der Waals surface area contributed by atoms with Crippen LogP contribution in [0.5, 0.6) is 0 Å². The third-order valence-corrected chi connectivity index (χ3v) is 5.99. The Morgan fingerprint density at radius 1 is 1.30 bits per heavy atom. The highest BCUT2D eigenvalue weighted by atomic mass is 16.3. The number of carbonyl (C=O) groups excluding carboxylic acids is 2. The SMILES string of the molecule is CC(=O)N(C)c1ccc(NC(=O)N2CCCC2C2CC(C)CCC2O)cn1. The number of aromatic nitrogens is 1. The smallest absolute Gasteiger partial charge is 0.322 e. The van der Waals surface area contributed by atoms with Crippen LogP contribution in [0.2, 0.25) is 0 Å². The van der Waals surface area contributed by atoms with Gasteiger partial charge in [-0.3, -0.25) is 4.79 Å². The number of hydrogen-bond acceptors (Lipinski definition) is 4. The van der Waals surface area contributed by atoms with Gasteiger partial charge in [0.25, 0.3) is 0 Å². The fraction of sp³-hybridized carbons (Fsp3) is 0.650. The number of nitrogens with zero attached hydrogens (tertiary/aromatic N) is 3. The first kappa shape index (κ1) is 19.6. The number of urea groups is 1. The maximum atomic E-state index is 12.8. The molecule has 7 nitrogen and oxygen atoms in total. The average molecular weight is 374 g/mol. The molecule has 1 aliphatic heterocycles. The van der Waals surface area contributed by atoms with Crippen LogP contribution in [-0.2, 0) is 4.79 Å². The molecule has 2 fully saturated rings. The number of aliphatic hydroxyl groups excluding tert-OH is 1. The summed E-state index contributed by atoms with van der Waals surface area (Å²) in [6.45, 7) is 4.42. The number of amides is 3. The zero-order chi connectivity index (χ0) is 19.6. The summed E-state index contributed by atoms with van der Waals surface area (Å²) in [7, 11) is 1.66. The first-order valence-corrected chi connectivity index (χ1v) is 9.83. The Morgan fingerprint density at radius 3 is 2.74 bits per heavy atom. The molecule has 0 aromatic carbocycles. The Hall–Kier alpha value is -2.15. The molecule has 0 radical (unpaired) electrons. The number of nitrogens with one attached hydrogen (secondary N) is 1. The van der Waals surface area contributed by atoms with Gasteiger partial charge in [0.15, 0.2) is 0 Å². The fourth-order valence-electron chi connectivity index (χ4n) is 4.33. The lowest BCUT2D eigenvalue weighted by molar-refractivity contribution is -0.116. The maximum Gasteiger partial charge on any atom is 0.322 e. The molecule has 1 saturated heterocycles. The lowest BCUT2D eigenvalue weighted by Crippen LogP contribution is -2.47. The van der Waals surface area contributed by atoms with E-state index in [2.05, 4.69) is 17.2 Å². The Bertz CT molecular complexity index is 678. The van der Waals surface area contributed by atoms with E-state index in [0.717, 1.165) is 32.1 Å². The van der Waals surface area contributed by atoms with E-state index in [1.54, 1.807) is 25.4 Å². The monoisotopic (exact) mass is 374 g/mol. The van der Waals surface area contributed by atoms with Gasteiger partial charge < -0.3 is 20.2 Å². The van der Waals surface area contributed by atoms with Crippen molar-refractivity contribution in [2.45, 2.75) is 58.1 Å². The summed E-state index contributed by atoms with van der Waals surface area (Å²) in [6, 6.07) is 3.42. The molecule has 2 N–H and O–H groups in total. The zero-order valence-corrected chi connectivity index (χ0v) is 16.4. The van der Waals surface area contributed by atoms with Crippen LogP contribution < -0.4 is 10.2 Å². The predicted octanol–water partition coefficient (Wildman–Crippen LogP) is 2.86. The summed E-state index contributed by atoms with van der Waals surface area (Å²) < 4.78 is 0. The van der Waals surface area contributed by atoms with Crippen LogP contribution in [0.15, 0.2) is 18.3 Å². The second kappa shape index (κ2) is 8.25. The molecule has 3 amide bonds. The molecular weight excluding hydrogens is 344 g/mol. The highest BCUT2D eigenvalue weighted by molar-refractivity contribution is 5.91. The maximum absolute atomic E-state index is 12.8. The van der Waals surface area contributed by atoms with Crippen molar-refractivity contribution < 1.29 is 14.7 Å². The van der Waals surface area contributed by atoms with Gasteiger partial charge in [-0.15, -0.1) is 0 Å². The largest absolute Gasteiger partial charge is 0.393 e. The molecule has 3 rings (SSSR count). The van der Waals surface area contributed by atoms with Gasteiger partial charge in [0.05, 0.1) is 18.0 Å². The van der Waals surface area contributed by atoms with Crippen LogP contribution >= 0.6 is 0 Å². The number of hydrogen-bond donors (Lipinski definition) is 2. The van der Waals surface area contributed by atoms with E-state index in [-0.39, 0.29) is 30.0 Å². The Balaban J connectivity index is 1.65. The molecule has 1 saturated carbocycles. The summed E-state index contributed by atoms with van der Waals surface area (Å²) in [5.74, 6) is 1.20. The van der Waals surface area contributed by atoms with Crippen molar-refractivity contribution in [2.24, 2.45) is 11.8 Å². The third-order valence-electron chi connectivity index (χ3n) is 5.99. The Labute approximate surface area is 160 Å². The van der Waals surface area contributed by atoms with E-state index in [9.17, 15) is 14.7 Å². The molecule has 1 aromatic rings. The van der Waals surface area contributed by atoms with E-state index in [0.29, 0.717) is 24.0 Å². The normalized spacial score (nSPS) is 28.1. The Kier molecular flexibility index (Phi) is 5.99. The van der Waals surface area contributed by atoms with Crippen LogP contribution in [0.3, 0.4) is 0 Å². The van der Waals surface area contributed by atoms with Crippen LogP contribution in [0.25, 0.3) is 0 Å². The van der Waals surface area contributed by atoms with Gasteiger partial charge in [-0.2, -0.15) is 0 Å². The van der Waals surface area contributed by atoms with Crippen LogP contribution in [0.4, 0.5) is 16.3 Å². The summed E-state index contributed by atoms with van der Waals surface area (Å²) in [6.07, 6.45) is 6.02. The van der Waals surface area contributed by atoms with Gasteiger partial charge in [0, 0.05) is 32.5 Å². The number of carbonyl (C=O) groups is 2. The molecule has 148 valence electrons. The zero-order valence-electron chi connectivity index (χ0n) is 16.4. The van der Waals surface area contributed by atoms with Crippen LogP contribution in [-0.4, -0.2) is 52.7 Å². The number of rotatable bonds is 3.